The summed E-state index contributed by atoms with van der Waals surface area (Å²) in [5.74, 6) is -0.609. The van der Waals surface area contributed by atoms with E-state index >= 15 is 0 Å². The predicted octanol–water partition coefficient (Wildman–Crippen LogP) is 3.28. The van der Waals surface area contributed by atoms with E-state index in [4.69, 9.17) is 9.84 Å². The van der Waals surface area contributed by atoms with Crippen LogP contribution in [0.25, 0.3) is 0 Å². The summed E-state index contributed by atoms with van der Waals surface area (Å²) in [6.07, 6.45) is 6.89. The number of carbonyl (C=O) groups is 1. The van der Waals surface area contributed by atoms with Gasteiger partial charge in [0, 0.05) is 6.20 Å². The molecular formula is C16H18N2O3. The molecule has 0 unspecified atom stereocenters. The fraction of sp³-hybridized carbons (Fsp3) is 0.375. The SMILES string of the molecule is O=C(O)c1ccccc1OCc1ccn(C2CCCC2)n1. The molecule has 1 aromatic heterocycles. The van der Waals surface area contributed by atoms with Gasteiger partial charge in [-0.25, -0.2) is 4.79 Å². The molecule has 0 atom stereocenters. The zero-order chi connectivity index (χ0) is 14.7. The number of hydrogen-bond donors (Lipinski definition) is 1. The van der Waals surface area contributed by atoms with Crippen molar-refractivity contribution >= 4 is 5.97 Å². The van der Waals surface area contributed by atoms with E-state index in [0.29, 0.717) is 11.8 Å². The maximum Gasteiger partial charge on any atom is 0.339 e. The first-order valence-corrected chi connectivity index (χ1v) is 7.23. The van der Waals surface area contributed by atoms with Gasteiger partial charge < -0.3 is 9.84 Å². The molecule has 1 saturated carbocycles. The number of aromatic nitrogens is 2. The number of carboxylic acids is 1. The highest BCUT2D eigenvalue weighted by molar-refractivity contribution is 5.90. The molecule has 1 N–H and O–H groups in total. The number of benzene rings is 1. The second kappa shape index (κ2) is 5.99. The smallest absolute Gasteiger partial charge is 0.339 e. The fourth-order valence-corrected chi connectivity index (χ4v) is 2.75. The van der Waals surface area contributed by atoms with Crippen molar-refractivity contribution < 1.29 is 14.6 Å². The van der Waals surface area contributed by atoms with Crippen LogP contribution in [0.3, 0.4) is 0 Å². The van der Waals surface area contributed by atoms with Gasteiger partial charge in [-0.05, 0) is 31.0 Å². The number of carboxylic acid groups (broad SMARTS) is 1. The first kappa shape index (κ1) is 13.7. The molecule has 3 rings (SSSR count). The number of rotatable bonds is 5. The van der Waals surface area contributed by atoms with Gasteiger partial charge in [-0.1, -0.05) is 25.0 Å². The second-order valence-corrected chi connectivity index (χ2v) is 5.32. The van der Waals surface area contributed by atoms with Gasteiger partial charge in [0.1, 0.15) is 17.9 Å². The molecule has 1 heterocycles. The van der Waals surface area contributed by atoms with Crippen molar-refractivity contribution in [1.82, 2.24) is 9.78 Å². The highest BCUT2D eigenvalue weighted by atomic mass is 16.5. The van der Waals surface area contributed by atoms with Gasteiger partial charge in [-0.3, -0.25) is 4.68 Å². The first-order chi connectivity index (χ1) is 10.2. The third-order valence-electron chi connectivity index (χ3n) is 3.86. The lowest BCUT2D eigenvalue weighted by molar-refractivity contribution is 0.0691. The Bertz CT molecular complexity index is 630. The lowest BCUT2D eigenvalue weighted by atomic mass is 10.2. The van der Waals surface area contributed by atoms with E-state index in [1.54, 1.807) is 18.2 Å². The van der Waals surface area contributed by atoms with Crippen molar-refractivity contribution in [1.29, 1.82) is 0 Å². The third-order valence-corrected chi connectivity index (χ3v) is 3.86. The Balaban J connectivity index is 1.66. The van der Waals surface area contributed by atoms with Crippen molar-refractivity contribution in [2.45, 2.75) is 38.3 Å². The van der Waals surface area contributed by atoms with Gasteiger partial charge in [0.2, 0.25) is 0 Å². The minimum absolute atomic E-state index is 0.174. The number of aromatic carboxylic acids is 1. The monoisotopic (exact) mass is 286 g/mol. The summed E-state index contributed by atoms with van der Waals surface area (Å²) in [4.78, 5) is 11.1. The molecule has 0 aliphatic heterocycles. The lowest BCUT2D eigenvalue weighted by Crippen LogP contribution is -2.07. The molecule has 2 aromatic rings. The Kier molecular flexibility index (Phi) is 3.90. The topological polar surface area (TPSA) is 64.3 Å². The van der Waals surface area contributed by atoms with Crippen LogP contribution in [0, 0.1) is 0 Å². The summed E-state index contributed by atoms with van der Waals surface area (Å²) in [7, 11) is 0. The van der Waals surface area contributed by atoms with Crippen molar-refractivity contribution in [3.05, 3.63) is 47.8 Å². The second-order valence-electron chi connectivity index (χ2n) is 5.32. The van der Waals surface area contributed by atoms with Crippen LogP contribution in [0.15, 0.2) is 36.5 Å². The van der Waals surface area contributed by atoms with Crippen LogP contribution < -0.4 is 4.74 Å². The summed E-state index contributed by atoms with van der Waals surface area (Å²) < 4.78 is 7.61. The van der Waals surface area contributed by atoms with Crippen LogP contribution in [0.2, 0.25) is 0 Å². The van der Waals surface area contributed by atoms with Gasteiger partial charge in [0.05, 0.1) is 11.7 Å². The quantitative estimate of drug-likeness (QED) is 0.916. The summed E-state index contributed by atoms with van der Waals surface area (Å²) in [6, 6.07) is 9.09. The van der Waals surface area contributed by atoms with Gasteiger partial charge in [0.25, 0.3) is 0 Å². The van der Waals surface area contributed by atoms with E-state index < -0.39 is 5.97 Å². The highest BCUT2D eigenvalue weighted by Gasteiger charge is 2.17. The zero-order valence-corrected chi connectivity index (χ0v) is 11.7. The summed E-state index contributed by atoms with van der Waals surface area (Å²) in [5, 5.41) is 13.6. The van der Waals surface area contributed by atoms with E-state index in [2.05, 4.69) is 5.10 Å². The van der Waals surface area contributed by atoms with E-state index in [1.807, 2.05) is 16.9 Å². The molecule has 1 aliphatic rings. The van der Waals surface area contributed by atoms with Crippen LogP contribution in [0.1, 0.15) is 47.8 Å². The van der Waals surface area contributed by atoms with Crippen molar-refractivity contribution in [2.75, 3.05) is 0 Å². The van der Waals surface area contributed by atoms with Gasteiger partial charge >= 0.3 is 5.97 Å². The molecule has 1 aromatic carbocycles. The fourth-order valence-electron chi connectivity index (χ4n) is 2.75. The van der Waals surface area contributed by atoms with E-state index in [1.165, 1.54) is 31.7 Å². The summed E-state index contributed by atoms with van der Waals surface area (Å²) in [5.41, 5.74) is 0.995. The van der Waals surface area contributed by atoms with Crippen LogP contribution in [0.4, 0.5) is 0 Å². The Morgan fingerprint density at radius 2 is 2.05 bits per heavy atom. The lowest BCUT2D eigenvalue weighted by Gasteiger charge is -2.09. The van der Waals surface area contributed by atoms with Crippen molar-refractivity contribution in [2.24, 2.45) is 0 Å². The average molecular weight is 286 g/mol. The molecule has 110 valence electrons. The van der Waals surface area contributed by atoms with Crippen LogP contribution in [0.5, 0.6) is 5.75 Å². The summed E-state index contributed by atoms with van der Waals surface area (Å²) >= 11 is 0. The van der Waals surface area contributed by atoms with Crippen molar-refractivity contribution in [3.63, 3.8) is 0 Å². The van der Waals surface area contributed by atoms with E-state index in [-0.39, 0.29) is 12.2 Å². The molecule has 21 heavy (non-hydrogen) atoms. The minimum atomic E-state index is -0.984. The van der Waals surface area contributed by atoms with Crippen LogP contribution in [-0.4, -0.2) is 20.9 Å². The number of nitrogens with zero attached hydrogens (tertiary/aromatic N) is 2. The van der Waals surface area contributed by atoms with Gasteiger partial charge in [0.15, 0.2) is 0 Å². The Morgan fingerprint density at radius 3 is 2.81 bits per heavy atom. The molecule has 0 bridgehead atoms. The Morgan fingerprint density at radius 1 is 1.29 bits per heavy atom. The molecule has 0 amide bonds. The number of ether oxygens (including phenoxy) is 1. The molecule has 1 fully saturated rings. The normalized spacial score (nSPS) is 15.2. The highest BCUT2D eigenvalue weighted by Crippen LogP contribution is 2.28. The third kappa shape index (κ3) is 3.07. The van der Waals surface area contributed by atoms with Crippen LogP contribution in [-0.2, 0) is 6.61 Å². The molecule has 1 aliphatic carbocycles. The number of para-hydroxylation sites is 1. The molecule has 5 nitrogen and oxygen atoms in total. The molecule has 5 heteroatoms. The minimum Gasteiger partial charge on any atom is -0.486 e. The van der Waals surface area contributed by atoms with Crippen LogP contribution >= 0.6 is 0 Å². The van der Waals surface area contributed by atoms with E-state index in [9.17, 15) is 4.79 Å². The van der Waals surface area contributed by atoms with Crippen molar-refractivity contribution in [3.8, 4) is 5.75 Å². The summed E-state index contributed by atoms with van der Waals surface area (Å²) in [6.45, 7) is 0.282. The standard InChI is InChI=1S/C16H18N2O3/c19-16(20)14-7-3-4-8-15(14)21-11-12-9-10-18(17-12)13-5-1-2-6-13/h3-4,7-10,13H,1-2,5-6,11H2,(H,19,20). The Hall–Kier alpha value is -2.30. The van der Waals surface area contributed by atoms with Gasteiger partial charge in [-0.15, -0.1) is 0 Å². The number of hydrogen-bond acceptors (Lipinski definition) is 3. The van der Waals surface area contributed by atoms with E-state index in [0.717, 1.165) is 5.69 Å². The Labute approximate surface area is 123 Å². The first-order valence-electron chi connectivity index (χ1n) is 7.23. The maximum absolute atomic E-state index is 11.1. The molecule has 0 spiro atoms. The largest absolute Gasteiger partial charge is 0.486 e. The zero-order valence-electron chi connectivity index (χ0n) is 11.7. The molecular weight excluding hydrogens is 268 g/mol. The average Bonchev–Trinajstić information content (AvgIpc) is 3.16. The predicted molar refractivity (Wildman–Crippen MR) is 77.5 cm³/mol. The maximum atomic E-state index is 11.1. The molecule has 0 saturated heterocycles. The molecule has 0 radical (unpaired) electrons. The van der Waals surface area contributed by atoms with Gasteiger partial charge in [-0.2, -0.15) is 5.10 Å².